The van der Waals surface area contributed by atoms with Crippen LogP contribution in [0.15, 0.2) is 23.2 Å². The molecule has 7 rings (SSSR count). The van der Waals surface area contributed by atoms with Crippen LogP contribution in [0.1, 0.15) is 57.8 Å². The monoisotopic (exact) mass is 497 g/mol. The number of hydrogen-bond acceptors (Lipinski definition) is 3. The van der Waals surface area contributed by atoms with Crippen molar-refractivity contribution in [1.29, 1.82) is 0 Å². The third-order valence-corrected chi connectivity index (χ3v) is 9.27. The fourth-order valence-electron chi connectivity index (χ4n) is 6.95. The minimum Gasteiger partial charge on any atom is -0.344 e. The molecule has 0 spiro atoms. The van der Waals surface area contributed by atoms with Crippen LogP contribution in [0.5, 0.6) is 0 Å². The Morgan fingerprint density at radius 2 is 1.84 bits per heavy atom. The lowest BCUT2D eigenvalue weighted by Gasteiger charge is -2.55. The van der Waals surface area contributed by atoms with Gasteiger partial charge in [-0.15, -0.1) is 12.4 Å². The molecule has 6 aliphatic rings. The van der Waals surface area contributed by atoms with Crippen LogP contribution in [0.4, 0.5) is 10.1 Å². The summed E-state index contributed by atoms with van der Waals surface area (Å²) in [4.78, 5) is 20.7. The zero-order valence-electron chi connectivity index (χ0n) is 18.1. The van der Waals surface area contributed by atoms with E-state index in [2.05, 4.69) is 10.2 Å². The molecule has 32 heavy (non-hydrogen) atoms. The van der Waals surface area contributed by atoms with Crippen molar-refractivity contribution in [1.82, 2.24) is 4.90 Å². The van der Waals surface area contributed by atoms with Gasteiger partial charge in [-0.3, -0.25) is 9.79 Å². The number of thioether (sulfide) groups is 1. The molecule has 1 amide bonds. The molecular weight excluding hydrogens is 468 g/mol. The van der Waals surface area contributed by atoms with Crippen molar-refractivity contribution in [2.24, 2.45) is 22.7 Å². The van der Waals surface area contributed by atoms with Crippen molar-refractivity contribution < 1.29 is 9.18 Å². The van der Waals surface area contributed by atoms with E-state index in [1.54, 1.807) is 0 Å². The first-order valence-corrected chi connectivity index (χ1v) is 13.1. The predicted octanol–water partition coefficient (Wildman–Crippen LogP) is 6.13. The minimum absolute atomic E-state index is 0. The summed E-state index contributed by atoms with van der Waals surface area (Å²) < 4.78 is 14.0. The second-order valence-corrected chi connectivity index (χ2v) is 11.9. The molecule has 6 fully saturated rings. The molecule has 4 nitrogen and oxygen atoms in total. The van der Waals surface area contributed by atoms with E-state index in [1.807, 2.05) is 11.8 Å². The SMILES string of the molecule is Cl.O=C(CC1CSC(=NC23CC4CC(CC(C4)C2)C3)N1C1CC1)Nc1cc(Cl)ccc1F. The number of amides is 1. The molecule has 174 valence electrons. The summed E-state index contributed by atoms with van der Waals surface area (Å²) in [5.41, 5.74) is 0.314. The van der Waals surface area contributed by atoms with Crippen molar-refractivity contribution in [2.45, 2.75) is 75.4 Å². The van der Waals surface area contributed by atoms with E-state index in [0.717, 1.165) is 23.5 Å². The van der Waals surface area contributed by atoms with E-state index in [4.69, 9.17) is 16.6 Å². The van der Waals surface area contributed by atoms with Gasteiger partial charge >= 0.3 is 0 Å². The largest absolute Gasteiger partial charge is 0.344 e. The standard InChI is InChI=1S/C24H29ClFN3OS.ClH/c25-17-1-4-20(26)21(8-17)27-22(30)9-19-13-31-23(29(19)18-2-3-18)28-24-10-14-5-15(11-24)7-16(6-14)12-24;/h1,4,8,14-16,18-19H,2-3,5-7,9-13H2,(H,27,30);1H. The Labute approximate surface area is 204 Å². The number of carbonyl (C=O) groups is 1. The number of amidine groups is 1. The number of carbonyl (C=O) groups excluding carboxylic acids is 1. The summed E-state index contributed by atoms with van der Waals surface area (Å²) in [6.45, 7) is 0. The number of anilines is 1. The Kier molecular flexibility index (Phi) is 6.17. The smallest absolute Gasteiger partial charge is 0.226 e. The molecule has 1 aromatic carbocycles. The van der Waals surface area contributed by atoms with Gasteiger partial charge in [0.15, 0.2) is 5.17 Å². The molecule has 4 bridgehead atoms. The van der Waals surface area contributed by atoms with Gasteiger partial charge in [-0.25, -0.2) is 4.39 Å². The van der Waals surface area contributed by atoms with Gasteiger partial charge in [0, 0.05) is 29.3 Å². The van der Waals surface area contributed by atoms with Gasteiger partial charge in [0.05, 0.1) is 11.2 Å². The average Bonchev–Trinajstić information content (AvgIpc) is 3.46. The van der Waals surface area contributed by atoms with Crippen LogP contribution < -0.4 is 5.32 Å². The van der Waals surface area contributed by atoms with E-state index in [-0.39, 0.29) is 35.6 Å². The van der Waals surface area contributed by atoms with Crippen LogP contribution in [-0.2, 0) is 4.79 Å². The molecule has 1 unspecified atom stereocenters. The Hall–Kier alpha value is -0.980. The molecule has 5 saturated carbocycles. The molecule has 5 aliphatic carbocycles. The van der Waals surface area contributed by atoms with Crippen LogP contribution in [0.2, 0.25) is 5.02 Å². The summed E-state index contributed by atoms with van der Waals surface area (Å²) in [5, 5.41) is 4.32. The predicted molar refractivity (Wildman–Crippen MR) is 131 cm³/mol. The average molecular weight is 498 g/mol. The van der Waals surface area contributed by atoms with Gasteiger partial charge in [-0.05, 0) is 87.3 Å². The van der Waals surface area contributed by atoms with Gasteiger partial charge in [0.2, 0.25) is 5.91 Å². The zero-order chi connectivity index (χ0) is 21.2. The molecule has 1 aliphatic heterocycles. The van der Waals surface area contributed by atoms with Gasteiger partial charge in [0.25, 0.3) is 0 Å². The third-order valence-electron chi connectivity index (χ3n) is 7.92. The van der Waals surface area contributed by atoms with Crippen LogP contribution in [0.3, 0.4) is 0 Å². The number of hydrogen-bond donors (Lipinski definition) is 1. The van der Waals surface area contributed by atoms with Crippen molar-refractivity contribution >= 4 is 52.5 Å². The van der Waals surface area contributed by atoms with Crippen molar-refractivity contribution in [3.8, 4) is 0 Å². The van der Waals surface area contributed by atoms with Crippen molar-refractivity contribution in [2.75, 3.05) is 11.1 Å². The zero-order valence-corrected chi connectivity index (χ0v) is 20.5. The molecule has 0 aromatic heterocycles. The Balaban J connectivity index is 0.00000216. The molecule has 1 heterocycles. The number of aliphatic imine (C=N–C) groups is 1. The second kappa shape index (κ2) is 8.66. The number of nitrogens with zero attached hydrogens (tertiary/aromatic N) is 2. The highest BCUT2D eigenvalue weighted by Gasteiger charge is 2.52. The summed E-state index contributed by atoms with van der Waals surface area (Å²) in [7, 11) is 0. The molecule has 1 saturated heterocycles. The first-order valence-electron chi connectivity index (χ1n) is 11.7. The Morgan fingerprint density at radius 1 is 1.19 bits per heavy atom. The van der Waals surface area contributed by atoms with Crippen LogP contribution in [-0.4, -0.2) is 39.4 Å². The van der Waals surface area contributed by atoms with E-state index < -0.39 is 5.82 Å². The van der Waals surface area contributed by atoms with E-state index in [9.17, 15) is 9.18 Å². The van der Waals surface area contributed by atoms with Crippen LogP contribution in [0.25, 0.3) is 0 Å². The quantitative estimate of drug-likeness (QED) is 0.531. The van der Waals surface area contributed by atoms with E-state index >= 15 is 0 Å². The van der Waals surface area contributed by atoms with Gasteiger partial charge in [-0.2, -0.15) is 0 Å². The summed E-state index contributed by atoms with van der Waals surface area (Å²) in [5.74, 6) is 2.91. The highest BCUT2D eigenvalue weighted by Crippen LogP contribution is 2.57. The third kappa shape index (κ3) is 4.39. The number of benzene rings is 1. The van der Waals surface area contributed by atoms with Gasteiger partial charge in [-0.1, -0.05) is 23.4 Å². The summed E-state index contributed by atoms with van der Waals surface area (Å²) >= 11 is 7.80. The highest BCUT2D eigenvalue weighted by atomic mass is 35.5. The van der Waals surface area contributed by atoms with Crippen molar-refractivity contribution in [3.05, 3.63) is 29.0 Å². The van der Waals surface area contributed by atoms with Crippen LogP contribution >= 0.6 is 35.8 Å². The van der Waals surface area contributed by atoms with Crippen molar-refractivity contribution in [3.63, 3.8) is 0 Å². The normalized spacial score (nSPS) is 36.4. The van der Waals surface area contributed by atoms with Crippen LogP contribution in [0, 0.1) is 23.6 Å². The maximum atomic E-state index is 14.0. The lowest BCUT2D eigenvalue weighted by atomic mass is 9.53. The molecule has 8 heteroatoms. The topological polar surface area (TPSA) is 44.7 Å². The first-order chi connectivity index (χ1) is 15.0. The number of nitrogens with one attached hydrogen (secondary N) is 1. The van der Waals surface area contributed by atoms with E-state index in [1.165, 1.54) is 74.7 Å². The molecule has 1 atom stereocenters. The maximum absolute atomic E-state index is 14.0. The first kappa shape index (κ1) is 22.8. The lowest BCUT2D eigenvalue weighted by molar-refractivity contribution is -0.117. The van der Waals surface area contributed by atoms with Gasteiger partial charge < -0.3 is 10.2 Å². The Bertz CT molecular complexity index is 903. The summed E-state index contributed by atoms with van der Waals surface area (Å²) in [6, 6.07) is 4.89. The second-order valence-electron chi connectivity index (χ2n) is 10.5. The molecule has 1 N–H and O–H groups in total. The number of rotatable bonds is 5. The molecule has 1 aromatic rings. The van der Waals surface area contributed by atoms with E-state index in [0.29, 0.717) is 17.5 Å². The maximum Gasteiger partial charge on any atom is 0.226 e. The highest BCUT2D eigenvalue weighted by molar-refractivity contribution is 8.14. The fraction of sp³-hybridized carbons (Fsp3) is 0.667. The minimum atomic E-state index is -0.457. The summed E-state index contributed by atoms with van der Waals surface area (Å²) in [6.07, 6.45) is 10.8. The molecule has 0 radical (unpaired) electrons. The number of halogens is 3. The fourth-order valence-corrected chi connectivity index (χ4v) is 8.45. The Morgan fingerprint density at radius 3 is 2.47 bits per heavy atom. The van der Waals surface area contributed by atoms with Gasteiger partial charge in [0.1, 0.15) is 5.82 Å². The lowest BCUT2D eigenvalue weighted by Crippen LogP contribution is -2.50. The molecular formula is C24H30Cl2FN3OS.